The Morgan fingerprint density at radius 2 is 1.46 bits per heavy atom. The van der Waals surface area contributed by atoms with Crippen molar-refractivity contribution in [2.75, 3.05) is 0 Å². The van der Waals surface area contributed by atoms with Gasteiger partial charge in [-0.15, -0.1) is 0 Å². The third-order valence-corrected chi connectivity index (χ3v) is 6.48. The van der Waals surface area contributed by atoms with Crippen LogP contribution in [0.1, 0.15) is 36.5 Å². The van der Waals surface area contributed by atoms with Crippen molar-refractivity contribution in [1.29, 1.82) is 21.0 Å². The minimum Gasteiger partial charge on any atom is -0.422 e. The molecule has 2 aromatic carbocycles. The molecule has 1 heterocycles. The lowest BCUT2D eigenvalue weighted by molar-refractivity contribution is -0.384. The maximum atomic E-state index is 13.5. The van der Waals surface area contributed by atoms with Crippen LogP contribution in [0.4, 0.5) is 5.69 Å². The summed E-state index contributed by atoms with van der Waals surface area (Å²) < 4.78 is 5.63. The quantitative estimate of drug-likeness (QED) is 0.201. The van der Waals surface area contributed by atoms with Crippen molar-refractivity contribution < 1.29 is 9.34 Å². The van der Waals surface area contributed by atoms with Gasteiger partial charge in [-0.2, -0.15) is 21.0 Å². The molecule has 0 saturated heterocycles. The van der Waals surface area contributed by atoms with Gasteiger partial charge in [0.05, 0.1) is 10.5 Å². The molecule has 1 aliphatic heterocycles. The van der Waals surface area contributed by atoms with E-state index in [2.05, 4.69) is 0 Å². The first kappa shape index (κ1) is 27.7. The fraction of sp³-hybridized carbons (Fsp3) is 0.0938. The van der Waals surface area contributed by atoms with Gasteiger partial charge >= 0.3 is 5.63 Å². The van der Waals surface area contributed by atoms with E-state index in [-0.39, 0.29) is 50.8 Å². The van der Waals surface area contributed by atoms with Crippen molar-refractivity contribution in [3.63, 3.8) is 0 Å². The number of nitrogens with zero attached hydrogens (tertiary/aromatic N) is 5. The molecule has 0 amide bonds. The monoisotopic (exact) mass is 537 g/mol. The molecule has 2 aliphatic rings. The van der Waals surface area contributed by atoms with Gasteiger partial charge in [0.1, 0.15) is 41.2 Å². The van der Waals surface area contributed by atoms with Crippen LogP contribution in [0.25, 0.3) is 28.0 Å². The van der Waals surface area contributed by atoms with Gasteiger partial charge in [0, 0.05) is 34.1 Å². The zero-order valence-electron chi connectivity index (χ0n) is 21.9. The van der Waals surface area contributed by atoms with Crippen LogP contribution in [0.5, 0.6) is 0 Å². The van der Waals surface area contributed by atoms with Crippen molar-refractivity contribution in [2.24, 2.45) is 0 Å². The zero-order valence-corrected chi connectivity index (χ0v) is 21.9. The number of hydrogen-bond donors (Lipinski definition) is 0. The number of allylic oxidation sites excluding steroid dienone is 2. The summed E-state index contributed by atoms with van der Waals surface area (Å²) in [6.45, 7) is 3.99. The first-order valence-electron chi connectivity index (χ1n) is 12.3. The van der Waals surface area contributed by atoms with Crippen molar-refractivity contribution in [1.82, 2.24) is 0 Å². The molecule has 196 valence electrons. The smallest absolute Gasteiger partial charge is 0.344 e. The van der Waals surface area contributed by atoms with Crippen molar-refractivity contribution in [3.05, 3.63) is 126 Å². The Hall–Kier alpha value is -6.29. The second kappa shape index (κ2) is 11.6. The van der Waals surface area contributed by atoms with E-state index in [1.165, 1.54) is 36.4 Å². The lowest BCUT2D eigenvalue weighted by Crippen LogP contribution is -2.17. The van der Waals surface area contributed by atoms with Gasteiger partial charge in [0.25, 0.3) is 5.69 Å². The molecule has 1 aliphatic carbocycles. The number of non-ortho nitro benzene ring substituents is 1. The number of nitro benzene ring substituents is 1. The average Bonchev–Trinajstić information content (AvgIpc) is 3.13. The van der Waals surface area contributed by atoms with Crippen LogP contribution >= 0.6 is 0 Å². The summed E-state index contributed by atoms with van der Waals surface area (Å²) in [6.07, 6.45) is 0. The number of hydrogen-bond acceptors (Lipinski definition) is 8. The van der Waals surface area contributed by atoms with E-state index in [9.17, 15) is 36.0 Å². The second-order valence-electron chi connectivity index (χ2n) is 9.20. The minimum absolute atomic E-state index is 0.0693. The van der Waals surface area contributed by atoms with Crippen LogP contribution in [0, 0.1) is 55.4 Å². The summed E-state index contributed by atoms with van der Waals surface area (Å²) in [5, 5.41) is 50.6. The third-order valence-electron chi connectivity index (χ3n) is 6.48. The summed E-state index contributed by atoms with van der Waals surface area (Å²) in [5.74, 6) is 0.379. The van der Waals surface area contributed by atoms with Gasteiger partial charge in [-0.05, 0) is 46.5 Å². The van der Waals surface area contributed by atoms with Crippen LogP contribution in [-0.4, -0.2) is 4.92 Å². The fourth-order valence-electron chi connectivity index (χ4n) is 4.44. The molecule has 0 spiro atoms. The molecule has 2 aromatic rings. The Morgan fingerprint density at radius 3 is 2.00 bits per heavy atom. The predicted molar refractivity (Wildman–Crippen MR) is 150 cm³/mol. The van der Waals surface area contributed by atoms with E-state index >= 15 is 0 Å². The molecule has 0 saturated carbocycles. The molecule has 9 heteroatoms. The summed E-state index contributed by atoms with van der Waals surface area (Å²) >= 11 is 0. The SMILES string of the molecule is CC(C)c1cccc2oc(=O)c(C(C(=C(C#N)C#N)c3ccc([N+](=O)[O-])cc3)=c3ccc(=C(C#N)C#N)cc3)c-2c1. The van der Waals surface area contributed by atoms with E-state index in [4.69, 9.17) is 4.42 Å². The molecule has 0 bridgehead atoms. The van der Waals surface area contributed by atoms with Gasteiger partial charge in [-0.25, -0.2) is 4.79 Å². The Balaban J connectivity index is 2.25. The Kier molecular flexibility index (Phi) is 7.86. The number of fused-ring (bicyclic) bond motifs is 1. The number of benzene rings is 2. The summed E-state index contributed by atoms with van der Waals surface area (Å²) in [7, 11) is 0. The summed E-state index contributed by atoms with van der Waals surface area (Å²) in [6, 6.07) is 26.1. The number of nitro groups is 1. The first-order chi connectivity index (χ1) is 19.7. The lowest BCUT2D eigenvalue weighted by atomic mass is 9.86. The molecule has 0 fully saturated rings. The van der Waals surface area contributed by atoms with E-state index in [0.29, 0.717) is 16.0 Å². The highest BCUT2D eigenvalue weighted by molar-refractivity contribution is 6.10. The number of furan rings is 1. The molecule has 0 aromatic heterocycles. The molecule has 4 rings (SSSR count). The molecule has 0 N–H and O–H groups in total. The first-order valence-corrected chi connectivity index (χ1v) is 12.3. The van der Waals surface area contributed by atoms with Crippen molar-refractivity contribution in [3.8, 4) is 35.6 Å². The van der Waals surface area contributed by atoms with E-state index in [1.807, 2.05) is 50.3 Å². The molecular formula is C32H19N5O4. The van der Waals surface area contributed by atoms with Crippen LogP contribution in [0.3, 0.4) is 0 Å². The van der Waals surface area contributed by atoms with E-state index in [0.717, 1.165) is 5.56 Å². The van der Waals surface area contributed by atoms with Crippen LogP contribution in [-0.2, 0) is 0 Å². The largest absolute Gasteiger partial charge is 0.422 e. The van der Waals surface area contributed by atoms with Crippen LogP contribution in [0.15, 0.2) is 87.6 Å². The Labute approximate surface area is 234 Å². The van der Waals surface area contributed by atoms with Gasteiger partial charge in [0.15, 0.2) is 0 Å². The maximum Gasteiger partial charge on any atom is 0.344 e. The van der Waals surface area contributed by atoms with Crippen molar-refractivity contribution in [2.45, 2.75) is 19.8 Å². The lowest BCUT2D eigenvalue weighted by Gasteiger charge is -2.13. The van der Waals surface area contributed by atoms with Crippen LogP contribution in [0.2, 0.25) is 0 Å². The highest BCUT2D eigenvalue weighted by atomic mass is 16.6. The van der Waals surface area contributed by atoms with Gasteiger partial charge in [0.2, 0.25) is 0 Å². The standard InChI is InChI=1S/C32H19N5O4/c1-19(2)23-4-3-5-28-27(14-23)31(32(38)41-28)30(22-8-6-20(7-9-22)24(15-33)16-34)29(25(17-35)18-36)21-10-12-26(13-11-21)37(39)40/h3-14,19H,1-2H3. The Morgan fingerprint density at radius 1 is 0.854 bits per heavy atom. The topological polar surface area (TPSA) is 169 Å². The normalized spacial score (nSPS) is 10.1. The minimum atomic E-state index is -0.712. The highest BCUT2D eigenvalue weighted by Crippen LogP contribution is 2.38. The van der Waals surface area contributed by atoms with Crippen LogP contribution < -0.4 is 16.1 Å². The summed E-state index contributed by atoms with van der Waals surface area (Å²) in [5.41, 5.74) is 0.610. The fourth-order valence-corrected chi connectivity index (χ4v) is 4.44. The Bertz CT molecular complexity index is 2000. The zero-order chi connectivity index (χ0) is 29.7. The number of rotatable bonds is 5. The third kappa shape index (κ3) is 5.33. The average molecular weight is 538 g/mol. The molecule has 9 nitrogen and oxygen atoms in total. The summed E-state index contributed by atoms with van der Waals surface area (Å²) in [4.78, 5) is 24.3. The van der Waals surface area contributed by atoms with Gasteiger partial charge in [-0.1, -0.05) is 50.2 Å². The van der Waals surface area contributed by atoms with E-state index < -0.39 is 10.5 Å². The molecule has 0 unspecified atom stereocenters. The predicted octanol–water partition coefficient (Wildman–Crippen LogP) is 4.67. The number of nitriles is 4. The maximum absolute atomic E-state index is 13.5. The molecular weight excluding hydrogens is 518 g/mol. The highest BCUT2D eigenvalue weighted by Gasteiger charge is 2.27. The molecule has 41 heavy (non-hydrogen) atoms. The van der Waals surface area contributed by atoms with Gasteiger partial charge in [-0.3, -0.25) is 10.1 Å². The van der Waals surface area contributed by atoms with Gasteiger partial charge < -0.3 is 4.42 Å². The van der Waals surface area contributed by atoms with Crippen molar-refractivity contribution >= 4 is 22.4 Å². The second-order valence-corrected chi connectivity index (χ2v) is 9.20. The molecule has 0 radical (unpaired) electrons. The van der Waals surface area contributed by atoms with E-state index in [1.54, 1.807) is 24.3 Å². The molecule has 0 atom stereocenters.